The minimum Gasteiger partial charge on any atom is -0.494 e. The molecule has 2 aromatic carbocycles. The standard InChI is InChI=1S/C26H30N2O4/c1-2-32-22-12-10-21(11-13-22)23-24(27-15-6-9-20(17-27)18-29)26(31)28(25(23)30)16-14-19-7-4-3-5-8-19/h3-5,7-8,10-13,20,29H,2,6,9,14-18H2,1H3. The first-order chi connectivity index (χ1) is 15.6. The maximum atomic E-state index is 13.5. The SMILES string of the molecule is CCOc1ccc(C2=C(N3CCCC(CO)C3)C(=O)N(CCc3ccccc3)C2=O)cc1. The predicted molar refractivity (Wildman–Crippen MR) is 123 cm³/mol. The number of aliphatic hydroxyl groups is 1. The molecule has 0 spiro atoms. The van der Waals surface area contributed by atoms with Gasteiger partial charge in [0.25, 0.3) is 11.8 Å². The van der Waals surface area contributed by atoms with Crippen molar-refractivity contribution in [2.75, 3.05) is 32.8 Å². The van der Waals surface area contributed by atoms with Crippen LogP contribution in [0.1, 0.15) is 30.9 Å². The van der Waals surface area contributed by atoms with Crippen LogP contribution in [0.2, 0.25) is 0 Å². The molecule has 1 unspecified atom stereocenters. The number of hydrogen-bond acceptors (Lipinski definition) is 5. The molecule has 0 aliphatic carbocycles. The number of benzene rings is 2. The van der Waals surface area contributed by atoms with E-state index in [1.807, 2.05) is 66.4 Å². The third-order valence-electron chi connectivity index (χ3n) is 6.16. The van der Waals surface area contributed by atoms with Crippen LogP contribution >= 0.6 is 0 Å². The molecular formula is C26H30N2O4. The van der Waals surface area contributed by atoms with Crippen molar-refractivity contribution in [2.24, 2.45) is 5.92 Å². The zero-order valence-corrected chi connectivity index (χ0v) is 18.5. The molecule has 4 rings (SSSR count). The number of rotatable bonds is 8. The largest absolute Gasteiger partial charge is 0.494 e. The molecule has 2 aromatic rings. The topological polar surface area (TPSA) is 70.1 Å². The minimum atomic E-state index is -0.254. The Morgan fingerprint density at radius 3 is 2.47 bits per heavy atom. The highest BCUT2D eigenvalue weighted by Gasteiger charge is 2.42. The van der Waals surface area contributed by atoms with Gasteiger partial charge in [-0.3, -0.25) is 14.5 Å². The number of aliphatic hydroxyl groups excluding tert-OH is 1. The molecule has 2 heterocycles. The average Bonchev–Trinajstić information content (AvgIpc) is 3.08. The molecule has 1 saturated heterocycles. The zero-order chi connectivity index (χ0) is 22.5. The fourth-order valence-corrected chi connectivity index (χ4v) is 4.51. The Morgan fingerprint density at radius 2 is 1.78 bits per heavy atom. The van der Waals surface area contributed by atoms with Crippen LogP contribution in [0.25, 0.3) is 5.57 Å². The normalized spacial score (nSPS) is 19.1. The van der Waals surface area contributed by atoms with E-state index in [2.05, 4.69) is 0 Å². The van der Waals surface area contributed by atoms with Crippen molar-refractivity contribution < 1.29 is 19.4 Å². The highest BCUT2D eigenvalue weighted by atomic mass is 16.5. The van der Waals surface area contributed by atoms with E-state index in [4.69, 9.17) is 4.74 Å². The summed E-state index contributed by atoms with van der Waals surface area (Å²) in [5, 5.41) is 9.68. The summed E-state index contributed by atoms with van der Waals surface area (Å²) in [5.74, 6) is 0.346. The molecule has 32 heavy (non-hydrogen) atoms. The first-order valence-corrected chi connectivity index (χ1v) is 11.4. The zero-order valence-electron chi connectivity index (χ0n) is 18.5. The smallest absolute Gasteiger partial charge is 0.277 e. The Kier molecular flexibility index (Phi) is 6.90. The molecule has 2 amide bonds. The van der Waals surface area contributed by atoms with Gasteiger partial charge in [0.15, 0.2) is 0 Å². The van der Waals surface area contributed by atoms with Crippen LogP contribution in [0.3, 0.4) is 0 Å². The van der Waals surface area contributed by atoms with Crippen molar-refractivity contribution in [1.29, 1.82) is 0 Å². The molecule has 6 nitrogen and oxygen atoms in total. The summed E-state index contributed by atoms with van der Waals surface area (Å²) < 4.78 is 5.54. The molecule has 1 atom stereocenters. The second kappa shape index (κ2) is 10.0. The fraction of sp³-hybridized carbons (Fsp3) is 0.385. The lowest BCUT2D eigenvalue weighted by Crippen LogP contribution is -2.41. The summed E-state index contributed by atoms with van der Waals surface area (Å²) in [6.07, 6.45) is 2.43. The Labute approximate surface area is 189 Å². The molecule has 168 valence electrons. The molecule has 0 aromatic heterocycles. The van der Waals surface area contributed by atoms with E-state index in [1.54, 1.807) is 0 Å². The molecule has 2 aliphatic heterocycles. The maximum Gasteiger partial charge on any atom is 0.277 e. The highest BCUT2D eigenvalue weighted by Crippen LogP contribution is 2.34. The van der Waals surface area contributed by atoms with Crippen LogP contribution < -0.4 is 4.74 Å². The van der Waals surface area contributed by atoms with Crippen molar-refractivity contribution in [3.8, 4) is 5.75 Å². The Balaban J connectivity index is 1.65. The number of carbonyl (C=O) groups is 2. The van der Waals surface area contributed by atoms with Crippen LogP contribution in [0, 0.1) is 5.92 Å². The van der Waals surface area contributed by atoms with E-state index in [1.165, 1.54) is 4.90 Å². The lowest BCUT2D eigenvalue weighted by atomic mass is 9.97. The third kappa shape index (κ3) is 4.55. The highest BCUT2D eigenvalue weighted by molar-refractivity contribution is 6.35. The minimum absolute atomic E-state index is 0.0853. The number of likely N-dealkylation sites (tertiary alicyclic amines) is 1. The van der Waals surface area contributed by atoms with E-state index in [0.717, 1.165) is 29.7 Å². The summed E-state index contributed by atoms with van der Waals surface area (Å²) >= 11 is 0. The lowest BCUT2D eigenvalue weighted by Gasteiger charge is -2.34. The van der Waals surface area contributed by atoms with Crippen LogP contribution in [-0.2, 0) is 16.0 Å². The van der Waals surface area contributed by atoms with Gasteiger partial charge in [-0.05, 0) is 55.4 Å². The van der Waals surface area contributed by atoms with Crippen LogP contribution in [0.15, 0.2) is 60.3 Å². The molecule has 1 fully saturated rings. The predicted octanol–water partition coefficient (Wildman–Crippen LogP) is 3.11. The Bertz CT molecular complexity index is 985. The molecule has 1 N–H and O–H groups in total. The summed E-state index contributed by atoms with van der Waals surface area (Å²) in [6.45, 7) is 4.20. The number of nitrogens with zero attached hydrogens (tertiary/aromatic N) is 2. The molecule has 0 saturated carbocycles. The second-order valence-electron chi connectivity index (χ2n) is 8.32. The van der Waals surface area contributed by atoms with Gasteiger partial charge in [-0.15, -0.1) is 0 Å². The number of carbonyl (C=O) groups excluding carboxylic acids is 2. The van der Waals surface area contributed by atoms with E-state index >= 15 is 0 Å². The Hall–Kier alpha value is -3.12. The summed E-state index contributed by atoms with van der Waals surface area (Å²) in [4.78, 5) is 30.4. The van der Waals surface area contributed by atoms with Gasteiger partial charge in [-0.25, -0.2) is 0 Å². The molecule has 6 heteroatoms. The Morgan fingerprint density at radius 1 is 1.03 bits per heavy atom. The second-order valence-corrected chi connectivity index (χ2v) is 8.32. The van der Waals surface area contributed by atoms with Crippen LogP contribution in [0.4, 0.5) is 0 Å². The number of imide groups is 1. The first-order valence-electron chi connectivity index (χ1n) is 11.4. The summed E-state index contributed by atoms with van der Waals surface area (Å²) in [7, 11) is 0. The van der Waals surface area contributed by atoms with E-state index < -0.39 is 0 Å². The number of amides is 2. The summed E-state index contributed by atoms with van der Waals surface area (Å²) in [6, 6.07) is 17.2. The van der Waals surface area contributed by atoms with E-state index in [0.29, 0.717) is 43.9 Å². The van der Waals surface area contributed by atoms with Gasteiger partial charge in [0.1, 0.15) is 11.4 Å². The number of hydrogen-bond donors (Lipinski definition) is 1. The number of ether oxygens (including phenoxy) is 1. The quantitative estimate of drug-likeness (QED) is 0.647. The number of piperidine rings is 1. The van der Waals surface area contributed by atoms with Gasteiger partial charge >= 0.3 is 0 Å². The average molecular weight is 435 g/mol. The fourth-order valence-electron chi connectivity index (χ4n) is 4.51. The van der Waals surface area contributed by atoms with E-state index in [-0.39, 0.29) is 24.3 Å². The van der Waals surface area contributed by atoms with Gasteiger partial charge in [0.05, 0.1) is 12.2 Å². The van der Waals surface area contributed by atoms with Crippen molar-refractivity contribution in [1.82, 2.24) is 9.80 Å². The molecular weight excluding hydrogens is 404 g/mol. The van der Waals surface area contributed by atoms with Gasteiger partial charge in [-0.1, -0.05) is 42.5 Å². The third-order valence-corrected chi connectivity index (χ3v) is 6.16. The molecule has 0 bridgehead atoms. The van der Waals surface area contributed by atoms with Crippen LogP contribution in [-0.4, -0.2) is 59.6 Å². The summed E-state index contributed by atoms with van der Waals surface area (Å²) in [5.41, 5.74) is 2.72. The van der Waals surface area contributed by atoms with Crippen molar-refractivity contribution >= 4 is 17.4 Å². The van der Waals surface area contributed by atoms with Gasteiger partial charge in [-0.2, -0.15) is 0 Å². The molecule has 0 radical (unpaired) electrons. The van der Waals surface area contributed by atoms with Crippen molar-refractivity contribution in [3.05, 3.63) is 71.4 Å². The van der Waals surface area contributed by atoms with Crippen molar-refractivity contribution in [2.45, 2.75) is 26.2 Å². The van der Waals surface area contributed by atoms with Gasteiger partial charge in [0, 0.05) is 26.2 Å². The van der Waals surface area contributed by atoms with Gasteiger partial charge in [0.2, 0.25) is 0 Å². The van der Waals surface area contributed by atoms with Gasteiger partial charge < -0.3 is 14.7 Å². The monoisotopic (exact) mass is 434 g/mol. The maximum absolute atomic E-state index is 13.5. The molecule has 2 aliphatic rings. The van der Waals surface area contributed by atoms with Crippen molar-refractivity contribution in [3.63, 3.8) is 0 Å². The lowest BCUT2D eigenvalue weighted by molar-refractivity contribution is -0.137. The first kappa shape index (κ1) is 22.1. The van der Waals surface area contributed by atoms with Crippen LogP contribution in [0.5, 0.6) is 5.75 Å². The van der Waals surface area contributed by atoms with E-state index in [9.17, 15) is 14.7 Å².